The van der Waals surface area contributed by atoms with Crippen LogP contribution in [0.1, 0.15) is 12.5 Å². The molecule has 0 saturated heterocycles. The molecule has 0 saturated carbocycles. The first-order valence-electron chi connectivity index (χ1n) is 6.14. The predicted octanol–water partition coefficient (Wildman–Crippen LogP) is 4.12. The standard InChI is InChI=1S/C17H14O/c1-12(18)9-15-7-4-8-16-10-13-5-2-3-6-14(13)11-17(15)16/h2-8,10-11H,9H2,1H3. The van der Waals surface area contributed by atoms with E-state index in [0.29, 0.717) is 6.42 Å². The Labute approximate surface area is 106 Å². The normalized spacial score (nSPS) is 10.9. The molecule has 0 atom stereocenters. The Morgan fingerprint density at radius 2 is 1.56 bits per heavy atom. The summed E-state index contributed by atoms with van der Waals surface area (Å²) in [5.41, 5.74) is 1.12. The third kappa shape index (κ3) is 1.88. The summed E-state index contributed by atoms with van der Waals surface area (Å²) in [5.74, 6) is 0.204. The van der Waals surface area contributed by atoms with Gasteiger partial charge in [-0.2, -0.15) is 0 Å². The van der Waals surface area contributed by atoms with Gasteiger partial charge in [0.25, 0.3) is 0 Å². The summed E-state index contributed by atoms with van der Waals surface area (Å²) < 4.78 is 0. The largest absolute Gasteiger partial charge is 0.300 e. The van der Waals surface area contributed by atoms with Crippen LogP contribution >= 0.6 is 0 Å². The molecule has 1 nitrogen and oxygen atoms in total. The molecule has 3 rings (SSSR count). The van der Waals surface area contributed by atoms with Crippen molar-refractivity contribution in [1.29, 1.82) is 0 Å². The zero-order valence-electron chi connectivity index (χ0n) is 10.3. The van der Waals surface area contributed by atoms with Gasteiger partial charge in [0.2, 0.25) is 0 Å². The molecule has 0 fully saturated rings. The van der Waals surface area contributed by atoms with Gasteiger partial charge in [-0.15, -0.1) is 0 Å². The number of Topliss-reactive ketones (excluding diaryl/α,β-unsaturated/α-hetero) is 1. The van der Waals surface area contributed by atoms with Crippen molar-refractivity contribution < 1.29 is 4.79 Å². The number of carbonyl (C=O) groups is 1. The number of ketones is 1. The van der Waals surface area contributed by atoms with Gasteiger partial charge in [-0.1, -0.05) is 42.5 Å². The Hall–Kier alpha value is -2.15. The Kier molecular flexibility index (Phi) is 2.60. The SMILES string of the molecule is CC(=O)Cc1cccc2cc3ccccc3cc12. The van der Waals surface area contributed by atoms with Crippen LogP contribution in [0.4, 0.5) is 0 Å². The van der Waals surface area contributed by atoms with Gasteiger partial charge in [-0.3, -0.25) is 4.79 Å². The first-order chi connectivity index (χ1) is 8.74. The summed E-state index contributed by atoms with van der Waals surface area (Å²) in [5, 5.41) is 4.85. The zero-order valence-corrected chi connectivity index (χ0v) is 10.3. The van der Waals surface area contributed by atoms with E-state index in [-0.39, 0.29) is 5.78 Å². The number of carbonyl (C=O) groups excluding carboxylic acids is 1. The molecule has 0 spiro atoms. The Morgan fingerprint density at radius 3 is 2.28 bits per heavy atom. The van der Waals surface area contributed by atoms with Crippen molar-refractivity contribution in [2.24, 2.45) is 0 Å². The van der Waals surface area contributed by atoms with Crippen LogP contribution < -0.4 is 0 Å². The van der Waals surface area contributed by atoms with Gasteiger partial charge in [0.1, 0.15) is 5.78 Å². The summed E-state index contributed by atoms with van der Waals surface area (Å²) in [6, 6.07) is 18.9. The number of rotatable bonds is 2. The lowest BCUT2D eigenvalue weighted by Crippen LogP contribution is -1.96. The maximum atomic E-state index is 11.3. The van der Waals surface area contributed by atoms with Crippen molar-refractivity contribution in [3.63, 3.8) is 0 Å². The molecule has 0 bridgehead atoms. The van der Waals surface area contributed by atoms with E-state index in [2.05, 4.69) is 30.3 Å². The van der Waals surface area contributed by atoms with Gasteiger partial charge in [0, 0.05) is 6.42 Å². The molecule has 0 N–H and O–H groups in total. The summed E-state index contributed by atoms with van der Waals surface area (Å²) in [6.07, 6.45) is 0.510. The number of fused-ring (bicyclic) bond motifs is 2. The fourth-order valence-electron chi connectivity index (χ4n) is 2.45. The highest BCUT2D eigenvalue weighted by atomic mass is 16.1. The summed E-state index contributed by atoms with van der Waals surface area (Å²) >= 11 is 0. The van der Waals surface area contributed by atoms with Gasteiger partial charge < -0.3 is 0 Å². The second-order valence-corrected chi connectivity index (χ2v) is 4.72. The Morgan fingerprint density at radius 1 is 0.889 bits per heavy atom. The molecule has 3 aromatic rings. The molecule has 0 aliphatic heterocycles. The fraction of sp³-hybridized carbons (Fsp3) is 0.118. The monoisotopic (exact) mass is 234 g/mol. The third-order valence-electron chi connectivity index (χ3n) is 3.28. The van der Waals surface area contributed by atoms with Crippen LogP contribution in [0, 0.1) is 0 Å². The van der Waals surface area contributed by atoms with Crippen molar-refractivity contribution in [1.82, 2.24) is 0 Å². The summed E-state index contributed by atoms with van der Waals surface area (Å²) in [4.78, 5) is 11.3. The van der Waals surface area contributed by atoms with E-state index in [1.54, 1.807) is 6.92 Å². The molecule has 0 heterocycles. The van der Waals surface area contributed by atoms with Gasteiger partial charge >= 0.3 is 0 Å². The first kappa shape index (κ1) is 11.0. The topological polar surface area (TPSA) is 17.1 Å². The van der Waals surface area contributed by atoms with Crippen molar-refractivity contribution in [3.05, 3.63) is 60.2 Å². The van der Waals surface area contributed by atoms with Crippen LogP contribution in [0.3, 0.4) is 0 Å². The van der Waals surface area contributed by atoms with Crippen LogP contribution in [0.15, 0.2) is 54.6 Å². The summed E-state index contributed by atoms with van der Waals surface area (Å²) in [7, 11) is 0. The molecular formula is C17H14O. The van der Waals surface area contributed by atoms with Crippen molar-refractivity contribution in [2.45, 2.75) is 13.3 Å². The van der Waals surface area contributed by atoms with Crippen LogP contribution in [0.5, 0.6) is 0 Å². The molecule has 0 aliphatic rings. The van der Waals surface area contributed by atoms with Crippen molar-refractivity contribution in [2.75, 3.05) is 0 Å². The molecular weight excluding hydrogens is 220 g/mol. The molecule has 1 heteroatoms. The fourth-order valence-corrected chi connectivity index (χ4v) is 2.45. The Bertz CT molecular complexity index is 741. The minimum atomic E-state index is 0.204. The first-order valence-corrected chi connectivity index (χ1v) is 6.14. The number of benzene rings is 3. The summed E-state index contributed by atoms with van der Waals surface area (Å²) in [6.45, 7) is 1.64. The number of hydrogen-bond donors (Lipinski definition) is 0. The maximum Gasteiger partial charge on any atom is 0.134 e. The molecule has 0 amide bonds. The lowest BCUT2D eigenvalue weighted by atomic mass is 9.97. The minimum Gasteiger partial charge on any atom is -0.300 e. The van der Waals surface area contributed by atoms with Gasteiger partial charge in [-0.25, -0.2) is 0 Å². The average Bonchev–Trinajstić information content (AvgIpc) is 2.36. The lowest BCUT2D eigenvalue weighted by molar-refractivity contribution is -0.116. The highest BCUT2D eigenvalue weighted by Crippen LogP contribution is 2.25. The predicted molar refractivity (Wildman–Crippen MR) is 75.8 cm³/mol. The van der Waals surface area contributed by atoms with E-state index in [1.165, 1.54) is 21.5 Å². The maximum absolute atomic E-state index is 11.3. The van der Waals surface area contributed by atoms with E-state index in [4.69, 9.17) is 0 Å². The molecule has 3 aromatic carbocycles. The molecule has 0 radical (unpaired) electrons. The Balaban J connectivity index is 2.32. The van der Waals surface area contributed by atoms with E-state index in [9.17, 15) is 4.79 Å². The molecule has 18 heavy (non-hydrogen) atoms. The molecule has 0 unspecified atom stereocenters. The van der Waals surface area contributed by atoms with E-state index < -0.39 is 0 Å². The lowest BCUT2D eigenvalue weighted by Gasteiger charge is -2.07. The molecule has 0 aromatic heterocycles. The van der Waals surface area contributed by atoms with Crippen molar-refractivity contribution >= 4 is 27.3 Å². The van der Waals surface area contributed by atoms with Crippen LogP contribution in [-0.4, -0.2) is 5.78 Å². The third-order valence-corrected chi connectivity index (χ3v) is 3.28. The van der Waals surface area contributed by atoms with Gasteiger partial charge in [0.15, 0.2) is 0 Å². The van der Waals surface area contributed by atoms with Crippen LogP contribution in [0.25, 0.3) is 21.5 Å². The van der Waals surface area contributed by atoms with Gasteiger partial charge in [-0.05, 0) is 46.2 Å². The van der Waals surface area contributed by atoms with Crippen molar-refractivity contribution in [3.8, 4) is 0 Å². The van der Waals surface area contributed by atoms with E-state index in [0.717, 1.165) is 5.56 Å². The second-order valence-electron chi connectivity index (χ2n) is 4.72. The van der Waals surface area contributed by atoms with Crippen LogP contribution in [0.2, 0.25) is 0 Å². The highest BCUT2D eigenvalue weighted by molar-refractivity contribution is 6.00. The zero-order chi connectivity index (χ0) is 12.5. The number of hydrogen-bond acceptors (Lipinski definition) is 1. The minimum absolute atomic E-state index is 0.204. The molecule has 88 valence electrons. The second kappa shape index (κ2) is 4.26. The highest BCUT2D eigenvalue weighted by Gasteiger charge is 2.04. The van der Waals surface area contributed by atoms with E-state index in [1.807, 2.05) is 24.3 Å². The van der Waals surface area contributed by atoms with Crippen LogP contribution in [-0.2, 0) is 11.2 Å². The molecule has 0 aliphatic carbocycles. The quantitative estimate of drug-likeness (QED) is 0.609. The average molecular weight is 234 g/mol. The van der Waals surface area contributed by atoms with Gasteiger partial charge in [0.05, 0.1) is 0 Å². The van der Waals surface area contributed by atoms with E-state index >= 15 is 0 Å². The smallest absolute Gasteiger partial charge is 0.134 e.